The molecule has 1 unspecified atom stereocenters. The third-order valence-corrected chi connectivity index (χ3v) is 6.13. The summed E-state index contributed by atoms with van der Waals surface area (Å²) in [6, 6.07) is 14.9. The van der Waals surface area contributed by atoms with E-state index in [1.165, 1.54) is 28.5 Å². The Balaban J connectivity index is 1.41. The summed E-state index contributed by atoms with van der Waals surface area (Å²) in [5.41, 5.74) is 5.02. The fourth-order valence-electron chi connectivity index (χ4n) is 2.79. The van der Waals surface area contributed by atoms with Gasteiger partial charge in [0.1, 0.15) is 16.6 Å². The van der Waals surface area contributed by atoms with Crippen LogP contribution in [0.1, 0.15) is 10.9 Å². The average molecular weight is 415 g/mol. The number of methoxy groups -OCH3 is 1. The van der Waals surface area contributed by atoms with E-state index in [9.17, 15) is 9.59 Å². The summed E-state index contributed by atoms with van der Waals surface area (Å²) < 4.78 is 10.8. The lowest BCUT2D eigenvalue weighted by atomic mass is 10.2. The van der Waals surface area contributed by atoms with Gasteiger partial charge >= 0.3 is 0 Å². The van der Waals surface area contributed by atoms with Crippen molar-refractivity contribution < 1.29 is 18.7 Å². The summed E-state index contributed by atoms with van der Waals surface area (Å²) in [4.78, 5) is 29.0. The number of hydrogen-bond donors (Lipinski definition) is 1. The molecule has 1 fully saturated rings. The third-order valence-electron chi connectivity index (χ3n) is 4.09. The molecule has 2 amide bonds. The molecule has 4 rings (SSSR count). The molecule has 2 heterocycles. The number of aromatic nitrogens is 1. The number of carbonyl (C=O) groups is 2. The van der Waals surface area contributed by atoms with E-state index in [0.29, 0.717) is 22.3 Å². The van der Waals surface area contributed by atoms with Gasteiger partial charge in [-0.05, 0) is 29.8 Å². The summed E-state index contributed by atoms with van der Waals surface area (Å²) >= 11 is 2.65. The van der Waals surface area contributed by atoms with Gasteiger partial charge < -0.3 is 9.15 Å². The number of nitrogens with one attached hydrogen (secondary N) is 1. The minimum absolute atomic E-state index is 0.0894. The number of oxazole rings is 1. The van der Waals surface area contributed by atoms with E-state index in [0.717, 1.165) is 11.1 Å². The smallest absolute Gasteiger partial charge is 0.257 e. The Labute approximate surface area is 169 Å². The van der Waals surface area contributed by atoms with Crippen LogP contribution >= 0.6 is 23.5 Å². The van der Waals surface area contributed by atoms with E-state index in [4.69, 9.17) is 9.15 Å². The first kappa shape index (κ1) is 18.7. The highest BCUT2D eigenvalue weighted by atomic mass is 32.2. The lowest BCUT2D eigenvalue weighted by molar-refractivity contribution is -0.138. The molecule has 1 atom stereocenters. The molecule has 1 N–H and O–H groups in total. The van der Waals surface area contributed by atoms with Gasteiger partial charge in [0, 0.05) is 0 Å². The van der Waals surface area contributed by atoms with Gasteiger partial charge in [0.15, 0.2) is 5.58 Å². The number of nitrogens with zero attached hydrogens (tertiary/aromatic N) is 2. The van der Waals surface area contributed by atoms with Gasteiger partial charge in [-0.2, -0.15) is 0 Å². The SMILES string of the molecule is COc1cccc(C2SCC(=O)N2NC(=O)CSc2nc3ccccc3o2)c1. The fourth-order valence-corrected chi connectivity index (χ4v) is 4.52. The fraction of sp³-hybridized carbons (Fsp3) is 0.211. The Morgan fingerprint density at radius 2 is 2.21 bits per heavy atom. The van der Waals surface area contributed by atoms with E-state index >= 15 is 0 Å². The number of para-hydroxylation sites is 2. The van der Waals surface area contributed by atoms with E-state index in [2.05, 4.69) is 10.4 Å². The summed E-state index contributed by atoms with van der Waals surface area (Å²) in [5.74, 6) is 0.663. The van der Waals surface area contributed by atoms with Crippen LogP contribution in [-0.2, 0) is 9.59 Å². The summed E-state index contributed by atoms with van der Waals surface area (Å²) in [6.45, 7) is 0. The van der Waals surface area contributed by atoms with Gasteiger partial charge in [-0.25, -0.2) is 9.99 Å². The monoisotopic (exact) mass is 415 g/mol. The van der Waals surface area contributed by atoms with Crippen molar-refractivity contribution in [2.45, 2.75) is 10.6 Å². The molecule has 9 heteroatoms. The average Bonchev–Trinajstić information content (AvgIpc) is 3.30. The van der Waals surface area contributed by atoms with Crippen LogP contribution in [-0.4, -0.2) is 40.4 Å². The second-order valence-corrected chi connectivity index (χ2v) is 7.97. The van der Waals surface area contributed by atoms with Crippen molar-refractivity contribution in [2.75, 3.05) is 18.6 Å². The zero-order valence-electron chi connectivity index (χ0n) is 15.0. The maximum Gasteiger partial charge on any atom is 0.257 e. The molecule has 1 aliphatic rings. The highest BCUT2D eigenvalue weighted by Gasteiger charge is 2.34. The number of benzene rings is 2. The first-order valence-corrected chi connectivity index (χ1v) is 10.5. The van der Waals surface area contributed by atoms with Crippen LogP contribution in [0.2, 0.25) is 0 Å². The van der Waals surface area contributed by atoms with Gasteiger partial charge in [-0.3, -0.25) is 15.0 Å². The van der Waals surface area contributed by atoms with E-state index in [1.54, 1.807) is 7.11 Å². The van der Waals surface area contributed by atoms with Crippen LogP contribution in [0.5, 0.6) is 5.75 Å². The van der Waals surface area contributed by atoms with Crippen molar-refractivity contribution >= 4 is 46.4 Å². The number of hydrogen-bond acceptors (Lipinski definition) is 7. The van der Waals surface area contributed by atoms with Gasteiger partial charge in [0.2, 0.25) is 5.91 Å². The maximum absolute atomic E-state index is 12.4. The second-order valence-electron chi connectivity index (χ2n) is 5.97. The number of rotatable bonds is 6. The molecule has 1 saturated heterocycles. The molecule has 0 bridgehead atoms. The lowest BCUT2D eigenvalue weighted by Crippen LogP contribution is -2.45. The van der Waals surface area contributed by atoms with Crippen molar-refractivity contribution in [1.29, 1.82) is 0 Å². The molecular weight excluding hydrogens is 398 g/mol. The van der Waals surface area contributed by atoms with Gasteiger partial charge in [0.25, 0.3) is 11.1 Å². The molecule has 0 spiro atoms. The van der Waals surface area contributed by atoms with Crippen molar-refractivity contribution in [3.8, 4) is 5.75 Å². The minimum Gasteiger partial charge on any atom is -0.497 e. The number of fused-ring (bicyclic) bond motifs is 1. The predicted molar refractivity (Wildman–Crippen MR) is 108 cm³/mol. The zero-order chi connectivity index (χ0) is 19.5. The molecule has 144 valence electrons. The van der Waals surface area contributed by atoms with Crippen LogP contribution in [0, 0.1) is 0 Å². The minimum atomic E-state index is -0.295. The Morgan fingerprint density at radius 1 is 1.36 bits per heavy atom. The number of ether oxygens (including phenoxy) is 1. The van der Waals surface area contributed by atoms with E-state index in [-0.39, 0.29) is 22.9 Å². The number of amides is 2. The molecule has 0 saturated carbocycles. The van der Waals surface area contributed by atoms with Crippen molar-refractivity contribution in [3.63, 3.8) is 0 Å². The normalized spacial score (nSPS) is 16.5. The van der Waals surface area contributed by atoms with E-state index in [1.807, 2.05) is 48.5 Å². The molecule has 0 aliphatic carbocycles. The Hall–Kier alpha value is -2.65. The third kappa shape index (κ3) is 3.95. The first-order valence-electron chi connectivity index (χ1n) is 8.49. The highest BCUT2D eigenvalue weighted by molar-refractivity contribution is 8.00. The highest BCUT2D eigenvalue weighted by Crippen LogP contribution is 2.38. The zero-order valence-corrected chi connectivity index (χ0v) is 16.6. The van der Waals surface area contributed by atoms with Crippen LogP contribution in [0.3, 0.4) is 0 Å². The molecule has 2 aromatic carbocycles. The first-order chi connectivity index (χ1) is 13.6. The standard InChI is InChI=1S/C19H17N3O4S2/c1-25-13-6-4-5-12(9-13)18-22(17(24)11-27-18)21-16(23)10-28-19-20-14-7-2-3-8-15(14)26-19/h2-9,18H,10-11H2,1H3,(H,21,23). The molecule has 3 aromatic rings. The molecule has 7 nitrogen and oxygen atoms in total. The van der Waals surface area contributed by atoms with Gasteiger partial charge in [-0.15, -0.1) is 11.8 Å². The van der Waals surface area contributed by atoms with Crippen LogP contribution < -0.4 is 10.2 Å². The summed E-state index contributed by atoms with van der Waals surface area (Å²) in [5, 5.41) is 1.51. The topological polar surface area (TPSA) is 84.7 Å². The molecule has 1 aliphatic heterocycles. The number of hydrazine groups is 1. The Bertz CT molecular complexity index is 990. The Morgan fingerprint density at radius 3 is 3.04 bits per heavy atom. The van der Waals surface area contributed by atoms with E-state index < -0.39 is 0 Å². The van der Waals surface area contributed by atoms with Gasteiger partial charge in [-0.1, -0.05) is 36.0 Å². The number of thioether (sulfide) groups is 2. The van der Waals surface area contributed by atoms with Gasteiger partial charge in [0.05, 0.1) is 18.6 Å². The lowest BCUT2D eigenvalue weighted by Gasteiger charge is -2.24. The Kier molecular flexibility index (Phi) is 5.45. The molecule has 28 heavy (non-hydrogen) atoms. The summed E-state index contributed by atoms with van der Waals surface area (Å²) in [7, 11) is 1.59. The van der Waals surface area contributed by atoms with Crippen LogP contribution in [0.4, 0.5) is 0 Å². The van der Waals surface area contributed by atoms with Crippen molar-refractivity contribution in [3.05, 3.63) is 54.1 Å². The van der Waals surface area contributed by atoms with Crippen molar-refractivity contribution in [2.24, 2.45) is 0 Å². The van der Waals surface area contributed by atoms with Crippen LogP contribution in [0.15, 0.2) is 58.2 Å². The number of carbonyl (C=O) groups excluding carboxylic acids is 2. The van der Waals surface area contributed by atoms with Crippen molar-refractivity contribution in [1.82, 2.24) is 15.4 Å². The van der Waals surface area contributed by atoms with Crippen LogP contribution in [0.25, 0.3) is 11.1 Å². The molecule has 0 radical (unpaired) electrons. The maximum atomic E-state index is 12.4. The predicted octanol–water partition coefficient (Wildman–Crippen LogP) is 3.23. The molecular formula is C19H17N3O4S2. The quantitative estimate of drug-likeness (QED) is 0.619. The second kappa shape index (κ2) is 8.15. The largest absolute Gasteiger partial charge is 0.497 e. The molecule has 1 aromatic heterocycles. The summed E-state index contributed by atoms with van der Waals surface area (Å²) in [6.07, 6.45) is 0.